The zero-order valence-electron chi connectivity index (χ0n) is 10.7. The van der Waals surface area contributed by atoms with E-state index < -0.39 is 18.6 Å². The maximum Gasteiger partial charge on any atom is 0.389 e. The van der Waals surface area contributed by atoms with E-state index in [1.165, 1.54) is 0 Å². The average molecular weight is 277 g/mol. The van der Waals surface area contributed by atoms with Crippen LogP contribution in [0.1, 0.15) is 24.4 Å². The first-order valence-electron chi connectivity index (χ1n) is 5.97. The number of benzene rings is 1. The highest BCUT2D eigenvalue weighted by Gasteiger charge is 2.28. The molecule has 19 heavy (non-hydrogen) atoms. The smallest absolute Gasteiger partial charge is 0.389 e. The van der Waals surface area contributed by atoms with Crippen LogP contribution in [0.15, 0.2) is 24.3 Å². The van der Waals surface area contributed by atoms with E-state index >= 15 is 0 Å². The number of halogens is 3. The molecule has 0 aliphatic rings. The third kappa shape index (κ3) is 5.94. The molecule has 0 aromatic heterocycles. The standard InChI is InChI=1S/C13H18F3NO2/c1-18-8-9-19-12-5-3-2-4-10(12)11(17)6-7-13(14,15)16/h2-5,11H,6-9,17H2,1H3. The summed E-state index contributed by atoms with van der Waals surface area (Å²) in [5.74, 6) is 0.509. The van der Waals surface area contributed by atoms with Crippen LogP contribution in [0.2, 0.25) is 0 Å². The lowest BCUT2D eigenvalue weighted by molar-refractivity contribution is -0.136. The van der Waals surface area contributed by atoms with Crippen LogP contribution < -0.4 is 10.5 Å². The molecule has 2 N–H and O–H groups in total. The van der Waals surface area contributed by atoms with Crippen molar-refractivity contribution in [2.24, 2.45) is 5.73 Å². The molecule has 3 nitrogen and oxygen atoms in total. The van der Waals surface area contributed by atoms with Gasteiger partial charge in [-0.15, -0.1) is 0 Å². The molecule has 0 aliphatic carbocycles. The Morgan fingerprint density at radius 3 is 2.53 bits per heavy atom. The van der Waals surface area contributed by atoms with Crippen LogP contribution >= 0.6 is 0 Å². The van der Waals surface area contributed by atoms with Gasteiger partial charge in [0.15, 0.2) is 0 Å². The van der Waals surface area contributed by atoms with Gasteiger partial charge in [0.1, 0.15) is 12.4 Å². The maximum absolute atomic E-state index is 12.2. The fraction of sp³-hybridized carbons (Fsp3) is 0.538. The van der Waals surface area contributed by atoms with Gasteiger partial charge in [0.25, 0.3) is 0 Å². The molecule has 1 atom stereocenters. The molecule has 0 bridgehead atoms. The van der Waals surface area contributed by atoms with Crippen molar-refractivity contribution in [3.8, 4) is 5.75 Å². The molecule has 1 rings (SSSR count). The molecule has 108 valence electrons. The maximum atomic E-state index is 12.2. The molecule has 0 fully saturated rings. The summed E-state index contributed by atoms with van der Waals surface area (Å²) in [6, 6.07) is 6.16. The van der Waals surface area contributed by atoms with Gasteiger partial charge in [-0.2, -0.15) is 13.2 Å². The summed E-state index contributed by atoms with van der Waals surface area (Å²) < 4.78 is 46.8. The molecular formula is C13H18F3NO2. The largest absolute Gasteiger partial charge is 0.491 e. The Labute approximate surface area is 110 Å². The number of hydrogen-bond acceptors (Lipinski definition) is 3. The van der Waals surface area contributed by atoms with Crippen LogP contribution in [0.5, 0.6) is 5.75 Å². The second-order valence-corrected chi connectivity index (χ2v) is 4.14. The highest BCUT2D eigenvalue weighted by Crippen LogP contribution is 2.30. The highest BCUT2D eigenvalue weighted by molar-refractivity contribution is 5.35. The predicted molar refractivity (Wildman–Crippen MR) is 66.0 cm³/mol. The molecule has 0 saturated carbocycles. The number of methoxy groups -OCH3 is 1. The Balaban J connectivity index is 2.64. The predicted octanol–water partition coefficient (Wildman–Crippen LogP) is 3.05. The minimum atomic E-state index is -4.19. The topological polar surface area (TPSA) is 44.5 Å². The fourth-order valence-corrected chi connectivity index (χ4v) is 1.63. The minimum absolute atomic E-state index is 0.159. The van der Waals surface area contributed by atoms with Gasteiger partial charge in [-0.1, -0.05) is 18.2 Å². The number of hydrogen-bond donors (Lipinski definition) is 1. The number of ether oxygens (including phenoxy) is 2. The van der Waals surface area contributed by atoms with E-state index in [1.54, 1.807) is 31.4 Å². The molecule has 0 aliphatic heterocycles. The van der Waals surface area contributed by atoms with Crippen molar-refractivity contribution < 1.29 is 22.6 Å². The van der Waals surface area contributed by atoms with Gasteiger partial charge in [0.2, 0.25) is 0 Å². The summed E-state index contributed by atoms with van der Waals surface area (Å²) in [6.45, 7) is 0.742. The lowest BCUT2D eigenvalue weighted by atomic mass is 10.0. The first-order chi connectivity index (χ1) is 8.94. The van der Waals surface area contributed by atoms with E-state index in [4.69, 9.17) is 15.2 Å². The third-order valence-electron chi connectivity index (χ3n) is 2.60. The zero-order chi connectivity index (χ0) is 14.3. The molecular weight excluding hydrogens is 259 g/mol. The first-order valence-corrected chi connectivity index (χ1v) is 5.97. The minimum Gasteiger partial charge on any atom is -0.491 e. The molecule has 0 spiro atoms. The Morgan fingerprint density at radius 1 is 1.21 bits per heavy atom. The molecule has 1 aromatic carbocycles. The van der Waals surface area contributed by atoms with Crippen LogP contribution in [-0.4, -0.2) is 26.5 Å². The Morgan fingerprint density at radius 2 is 1.89 bits per heavy atom. The summed E-state index contributed by atoms with van der Waals surface area (Å²) in [6.07, 6.45) is -5.25. The molecule has 0 radical (unpaired) electrons. The van der Waals surface area contributed by atoms with E-state index in [-0.39, 0.29) is 6.42 Å². The normalized spacial score (nSPS) is 13.3. The molecule has 1 aromatic rings. The summed E-state index contributed by atoms with van der Waals surface area (Å²) in [7, 11) is 1.55. The van der Waals surface area contributed by atoms with E-state index in [1.807, 2.05) is 0 Å². The van der Waals surface area contributed by atoms with Gasteiger partial charge in [-0.3, -0.25) is 0 Å². The van der Waals surface area contributed by atoms with Crippen LogP contribution in [0, 0.1) is 0 Å². The molecule has 1 unspecified atom stereocenters. The summed E-state index contributed by atoms with van der Waals surface area (Å²) in [4.78, 5) is 0. The quantitative estimate of drug-likeness (QED) is 0.779. The lowest BCUT2D eigenvalue weighted by Crippen LogP contribution is -2.17. The summed E-state index contributed by atoms with van der Waals surface area (Å²) in [5, 5.41) is 0. The van der Waals surface area contributed by atoms with Crippen molar-refractivity contribution in [1.29, 1.82) is 0 Å². The average Bonchev–Trinajstić information content (AvgIpc) is 2.36. The van der Waals surface area contributed by atoms with E-state index in [0.717, 1.165) is 0 Å². The Hall–Kier alpha value is -1.27. The second-order valence-electron chi connectivity index (χ2n) is 4.14. The van der Waals surface area contributed by atoms with Crippen molar-refractivity contribution in [1.82, 2.24) is 0 Å². The van der Waals surface area contributed by atoms with Crippen LogP contribution in [0.3, 0.4) is 0 Å². The van der Waals surface area contributed by atoms with Crippen LogP contribution in [0.25, 0.3) is 0 Å². The summed E-state index contributed by atoms with van der Waals surface area (Å²) in [5.41, 5.74) is 6.38. The number of nitrogens with two attached hydrogens (primary N) is 1. The monoisotopic (exact) mass is 277 g/mol. The Kier molecular flexibility index (Phi) is 6.11. The molecule has 0 heterocycles. The van der Waals surface area contributed by atoms with Gasteiger partial charge >= 0.3 is 6.18 Å². The van der Waals surface area contributed by atoms with Crippen molar-refractivity contribution in [3.63, 3.8) is 0 Å². The van der Waals surface area contributed by atoms with Gasteiger partial charge in [0.05, 0.1) is 6.61 Å². The lowest BCUT2D eigenvalue weighted by Gasteiger charge is -2.17. The van der Waals surface area contributed by atoms with Gasteiger partial charge in [0, 0.05) is 25.1 Å². The highest BCUT2D eigenvalue weighted by atomic mass is 19.4. The van der Waals surface area contributed by atoms with Crippen LogP contribution in [0.4, 0.5) is 13.2 Å². The van der Waals surface area contributed by atoms with Crippen molar-refractivity contribution in [2.75, 3.05) is 20.3 Å². The van der Waals surface area contributed by atoms with Gasteiger partial charge in [-0.05, 0) is 12.5 Å². The van der Waals surface area contributed by atoms with E-state index in [9.17, 15) is 13.2 Å². The number of rotatable bonds is 7. The SMILES string of the molecule is COCCOc1ccccc1C(N)CCC(F)(F)F. The first kappa shape index (κ1) is 15.8. The second kappa shape index (κ2) is 7.35. The molecule has 0 saturated heterocycles. The van der Waals surface area contributed by atoms with E-state index in [0.29, 0.717) is 24.5 Å². The van der Waals surface area contributed by atoms with Crippen LogP contribution in [-0.2, 0) is 4.74 Å². The van der Waals surface area contributed by atoms with Crippen molar-refractivity contribution in [2.45, 2.75) is 25.1 Å². The van der Waals surface area contributed by atoms with Gasteiger partial charge in [-0.25, -0.2) is 0 Å². The third-order valence-corrected chi connectivity index (χ3v) is 2.60. The Bertz CT molecular complexity index is 382. The van der Waals surface area contributed by atoms with Gasteiger partial charge < -0.3 is 15.2 Å². The van der Waals surface area contributed by atoms with Crippen molar-refractivity contribution >= 4 is 0 Å². The fourth-order valence-electron chi connectivity index (χ4n) is 1.63. The van der Waals surface area contributed by atoms with E-state index in [2.05, 4.69) is 0 Å². The summed E-state index contributed by atoms with van der Waals surface area (Å²) >= 11 is 0. The molecule has 6 heteroatoms. The number of para-hydroxylation sites is 1. The number of alkyl halides is 3. The zero-order valence-corrected chi connectivity index (χ0v) is 10.7. The van der Waals surface area contributed by atoms with Crippen molar-refractivity contribution in [3.05, 3.63) is 29.8 Å². The molecule has 0 amide bonds.